The lowest BCUT2D eigenvalue weighted by atomic mass is 9.66. The largest absolute Gasteiger partial charge is 0.298 e. The van der Waals surface area contributed by atoms with Crippen LogP contribution in [-0.4, -0.2) is 5.78 Å². The Hall–Kier alpha value is -0.770. The van der Waals surface area contributed by atoms with Crippen LogP contribution in [0.2, 0.25) is 0 Å². The second-order valence-electron chi connectivity index (χ2n) is 4.68. The molecule has 0 aromatic heterocycles. The zero-order chi connectivity index (χ0) is 9.99. The predicted molar refractivity (Wildman–Crippen MR) is 51.7 cm³/mol. The van der Waals surface area contributed by atoms with Crippen LogP contribution in [0.25, 0.3) is 0 Å². The molecule has 0 atom stereocenters. The van der Waals surface area contributed by atoms with E-state index in [1.165, 1.54) is 0 Å². The first kappa shape index (κ1) is 11.2. The average Bonchev–Trinajstić information content (AvgIpc) is 1.85. The summed E-state index contributed by atoms with van der Waals surface area (Å²) < 4.78 is 0. The van der Waals surface area contributed by atoms with Crippen LogP contribution < -0.4 is 0 Å². The van der Waals surface area contributed by atoms with Gasteiger partial charge in [-0.1, -0.05) is 40.5 Å². The lowest BCUT2D eigenvalue weighted by Crippen LogP contribution is -2.37. The van der Waals surface area contributed by atoms with Gasteiger partial charge in [-0.3, -0.25) is 4.79 Å². The fraction of sp³-hybridized carbons (Fsp3) is 0.727. The third-order valence-corrected chi connectivity index (χ3v) is 2.83. The van der Waals surface area contributed by atoms with Crippen LogP contribution in [0.5, 0.6) is 0 Å². The van der Waals surface area contributed by atoms with Crippen LogP contribution in [0.4, 0.5) is 0 Å². The van der Waals surface area contributed by atoms with Crippen LogP contribution in [0.3, 0.4) is 0 Å². The lowest BCUT2D eigenvalue weighted by molar-refractivity contribution is -0.131. The molecule has 0 N–H and O–H groups in total. The average molecular weight is 166 g/mol. The third kappa shape index (κ3) is 2.11. The Balaban J connectivity index is 4.64. The normalized spacial score (nSPS) is 12.3. The summed E-state index contributed by atoms with van der Waals surface area (Å²) in [5, 5.41) is 0. The van der Waals surface area contributed by atoms with Gasteiger partial charge in [0.05, 0.1) is 6.42 Å². The van der Waals surface area contributed by atoms with Crippen LogP contribution >= 0.6 is 0 Å². The molecule has 0 saturated carbocycles. The number of terminal acetylenes is 1. The van der Waals surface area contributed by atoms with E-state index in [4.69, 9.17) is 6.42 Å². The van der Waals surface area contributed by atoms with Crippen molar-refractivity contribution >= 4 is 5.78 Å². The zero-order valence-electron chi connectivity index (χ0n) is 8.69. The smallest absolute Gasteiger partial charge is 0.150 e. The number of hydrogen-bond acceptors (Lipinski definition) is 1. The highest BCUT2D eigenvalue weighted by Gasteiger charge is 2.38. The minimum Gasteiger partial charge on any atom is -0.298 e. The minimum absolute atomic E-state index is 0.0269. The first-order valence-electron chi connectivity index (χ1n) is 4.20. The summed E-state index contributed by atoms with van der Waals surface area (Å²) in [6.07, 6.45) is 5.34. The van der Waals surface area contributed by atoms with Crippen LogP contribution in [0.15, 0.2) is 0 Å². The summed E-state index contributed by atoms with van der Waals surface area (Å²) in [7, 11) is 0. The van der Waals surface area contributed by atoms with Crippen molar-refractivity contribution in [3.8, 4) is 12.3 Å². The molecule has 0 aromatic rings. The number of hydrogen-bond donors (Lipinski definition) is 0. The maximum Gasteiger partial charge on any atom is 0.150 e. The molecule has 0 rings (SSSR count). The molecule has 0 spiro atoms. The van der Waals surface area contributed by atoms with Gasteiger partial charge in [0, 0.05) is 5.41 Å². The van der Waals surface area contributed by atoms with Crippen LogP contribution in [0, 0.1) is 23.2 Å². The van der Waals surface area contributed by atoms with Crippen molar-refractivity contribution in [3.63, 3.8) is 0 Å². The van der Waals surface area contributed by atoms with E-state index in [1.807, 2.05) is 13.8 Å². The fourth-order valence-corrected chi connectivity index (χ4v) is 0.732. The molecular formula is C11H18O. The molecule has 68 valence electrons. The number of ketones is 1. The molecule has 0 amide bonds. The summed E-state index contributed by atoms with van der Waals surface area (Å²) in [4.78, 5) is 11.6. The number of carbonyl (C=O) groups is 1. The second-order valence-corrected chi connectivity index (χ2v) is 4.68. The van der Waals surface area contributed by atoms with Crippen LogP contribution in [-0.2, 0) is 4.79 Å². The maximum atomic E-state index is 11.6. The van der Waals surface area contributed by atoms with E-state index in [9.17, 15) is 4.79 Å². The monoisotopic (exact) mass is 166 g/mol. The van der Waals surface area contributed by atoms with E-state index in [2.05, 4.69) is 26.7 Å². The van der Waals surface area contributed by atoms with Gasteiger partial charge in [0.1, 0.15) is 0 Å². The van der Waals surface area contributed by atoms with Crippen molar-refractivity contribution in [3.05, 3.63) is 0 Å². The van der Waals surface area contributed by atoms with Crippen LogP contribution in [0.1, 0.15) is 41.0 Å². The third-order valence-electron chi connectivity index (χ3n) is 2.83. The summed E-state index contributed by atoms with van der Waals surface area (Å²) >= 11 is 0. The molecule has 1 heteroatoms. The van der Waals surface area contributed by atoms with Crippen molar-refractivity contribution in [1.29, 1.82) is 0 Å². The molecule has 1 nitrogen and oxygen atoms in total. The molecule has 12 heavy (non-hydrogen) atoms. The Morgan fingerprint density at radius 3 is 1.92 bits per heavy atom. The van der Waals surface area contributed by atoms with Gasteiger partial charge in [-0.2, -0.15) is 0 Å². The van der Waals surface area contributed by atoms with E-state index in [-0.39, 0.29) is 23.0 Å². The standard InChI is InChI=1S/C11H18O/c1-7-8-9(12)11(5,6)10(2,3)4/h1H,8H2,2-6H3. The number of carbonyl (C=O) groups excluding carboxylic acids is 1. The number of rotatable bonds is 2. The molecule has 0 aliphatic carbocycles. The summed E-state index contributed by atoms with van der Waals surface area (Å²) in [5.41, 5.74) is -0.361. The van der Waals surface area contributed by atoms with Gasteiger partial charge in [0.2, 0.25) is 0 Å². The Morgan fingerprint density at radius 2 is 1.67 bits per heavy atom. The van der Waals surface area contributed by atoms with Crippen molar-refractivity contribution in [1.82, 2.24) is 0 Å². The van der Waals surface area contributed by atoms with Gasteiger partial charge >= 0.3 is 0 Å². The number of Topliss-reactive ketones (excluding diaryl/α,β-unsaturated/α-hetero) is 1. The fourth-order valence-electron chi connectivity index (χ4n) is 0.732. The highest BCUT2D eigenvalue weighted by Crippen LogP contribution is 2.39. The first-order chi connectivity index (χ1) is 5.23. The topological polar surface area (TPSA) is 17.1 Å². The Morgan fingerprint density at radius 1 is 1.25 bits per heavy atom. The van der Waals surface area contributed by atoms with E-state index in [0.717, 1.165) is 0 Å². The molecule has 0 aliphatic heterocycles. The van der Waals surface area contributed by atoms with Gasteiger partial charge in [0.15, 0.2) is 5.78 Å². The molecule has 0 unspecified atom stereocenters. The van der Waals surface area contributed by atoms with E-state index < -0.39 is 0 Å². The van der Waals surface area contributed by atoms with E-state index >= 15 is 0 Å². The molecule has 0 heterocycles. The molecule has 0 radical (unpaired) electrons. The highest BCUT2D eigenvalue weighted by molar-refractivity contribution is 5.86. The van der Waals surface area contributed by atoms with Crippen molar-refractivity contribution in [2.45, 2.75) is 41.0 Å². The molecule has 0 bridgehead atoms. The first-order valence-corrected chi connectivity index (χ1v) is 4.20. The maximum absolute atomic E-state index is 11.6. The quantitative estimate of drug-likeness (QED) is 0.576. The van der Waals surface area contributed by atoms with Gasteiger partial charge < -0.3 is 0 Å². The lowest BCUT2D eigenvalue weighted by Gasteiger charge is -2.36. The van der Waals surface area contributed by atoms with Crippen molar-refractivity contribution < 1.29 is 4.79 Å². The molecule has 0 aromatic carbocycles. The highest BCUT2D eigenvalue weighted by atomic mass is 16.1. The van der Waals surface area contributed by atoms with Gasteiger partial charge in [-0.15, -0.1) is 6.42 Å². The minimum atomic E-state index is -0.334. The second kappa shape index (κ2) is 3.31. The van der Waals surface area contributed by atoms with Crippen molar-refractivity contribution in [2.75, 3.05) is 0 Å². The summed E-state index contributed by atoms with van der Waals surface area (Å²) in [5.74, 6) is 2.55. The Kier molecular flexibility index (Phi) is 3.10. The molecule has 0 fully saturated rings. The molecular weight excluding hydrogens is 148 g/mol. The van der Waals surface area contributed by atoms with Gasteiger partial charge in [-0.05, 0) is 5.41 Å². The SMILES string of the molecule is C#CCC(=O)C(C)(C)C(C)(C)C. The molecule has 0 aliphatic rings. The zero-order valence-corrected chi connectivity index (χ0v) is 8.69. The Bertz CT molecular complexity index is 210. The summed E-state index contributed by atoms with van der Waals surface area (Å²) in [6.45, 7) is 10.1. The van der Waals surface area contributed by atoms with Crippen molar-refractivity contribution in [2.24, 2.45) is 10.8 Å². The van der Waals surface area contributed by atoms with E-state index in [1.54, 1.807) is 0 Å². The summed E-state index contributed by atoms with van der Waals surface area (Å²) in [6, 6.07) is 0. The van der Waals surface area contributed by atoms with E-state index in [0.29, 0.717) is 0 Å². The Labute approximate surface area is 75.5 Å². The predicted octanol–water partition coefficient (Wildman–Crippen LogP) is 2.65. The van der Waals surface area contributed by atoms with Gasteiger partial charge in [0.25, 0.3) is 0 Å². The molecule has 0 saturated heterocycles. The van der Waals surface area contributed by atoms with Gasteiger partial charge in [-0.25, -0.2) is 0 Å².